The van der Waals surface area contributed by atoms with Crippen molar-refractivity contribution in [1.82, 2.24) is 4.90 Å². The number of carbonyl (C=O) groups is 4. The van der Waals surface area contributed by atoms with Gasteiger partial charge in [-0.15, -0.1) is 0 Å². The first-order chi connectivity index (χ1) is 15.4. The number of hydrogen-bond acceptors (Lipinski definition) is 7. The second-order valence-electron chi connectivity index (χ2n) is 6.58. The molecule has 1 fully saturated rings. The minimum Gasteiger partial charge on any atom is -0.490 e. The summed E-state index contributed by atoms with van der Waals surface area (Å²) in [5, 5.41) is 2.17. The first kappa shape index (κ1) is 22.9. The van der Waals surface area contributed by atoms with Gasteiger partial charge in [-0.2, -0.15) is 0 Å². The van der Waals surface area contributed by atoms with Gasteiger partial charge in [0.1, 0.15) is 6.54 Å². The number of para-hydroxylation sites is 1. The lowest BCUT2D eigenvalue weighted by Gasteiger charge is -2.13. The van der Waals surface area contributed by atoms with Crippen molar-refractivity contribution >= 4 is 46.5 Å². The molecule has 10 heteroatoms. The molecule has 4 amide bonds. The van der Waals surface area contributed by atoms with Crippen LogP contribution in [0.4, 0.5) is 10.5 Å². The highest BCUT2D eigenvalue weighted by Gasteiger charge is 2.35. The summed E-state index contributed by atoms with van der Waals surface area (Å²) in [6.45, 7) is 1.46. The SMILES string of the molecule is CCOc1cc(/C=C2\SC(=O)N(CC(N)=O)C2=O)ccc1OCC(=O)Nc1ccccc1. The lowest BCUT2D eigenvalue weighted by Crippen LogP contribution is -2.36. The minimum atomic E-state index is -0.773. The number of anilines is 1. The van der Waals surface area contributed by atoms with Crippen molar-refractivity contribution in [3.05, 3.63) is 59.0 Å². The normalized spacial score (nSPS) is 14.5. The molecule has 0 aromatic heterocycles. The molecule has 9 nitrogen and oxygen atoms in total. The van der Waals surface area contributed by atoms with E-state index < -0.39 is 23.6 Å². The predicted octanol–water partition coefficient (Wildman–Crippen LogP) is 2.62. The number of nitrogens with zero attached hydrogens (tertiary/aromatic N) is 1. The number of thioether (sulfide) groups is 1. The molecule has 1 aliphatic heterocycles. The minimum absolute atomic E-state index is 0.162. The van der Waals surface area contributed by atoms with Gasteiger partial charge in [-0.1, -0.05) is 24.3 Å². The second-order valence-corrected chi connectivity index (χ2v) is 7.57. The third-order valence-electron chi connectivity index (χ3n) is 4.17. The number of imide groups is 1. The van der Waals surface area contributed by atoms with Crippen LogP contribution in [0.3, 0.4) is 0 Å². The maximum absolute atomic E-state index is 12.4. The van der Waals surface area contributed by atoms with Crippen molar-refractivity contribution < 1.29 is 28.7 Å². The first-order valence-corrected chi connectivity index (χ1v) is 10.5. The Kier molecular flexibility index (Phi) is 7.50. The molecule has 166 valence electrons. The lowest BCUT2D eigenvalue weighted by atomic mass is 10.2. The smallest absolute Gasteiger partial charge is 0.294 e. The average molecular weight is 455 g/mol. The number of rotatable bonds is 9. The van der Waals surface area contributed by atoms with Gasteiger partial charge in [-0.25, -0.2) is 0 Å². The fourth-order valence-electron chi connectivity index (χ4n) is 2.81. The maximum atomic E-state index is 12.4. The number of nitrogens with two attached hydrogens (primary N) is 1. The monoisotopic (exact) mass is 455 g/mol. The highest BCUT2D eigenvalue weighted by molar-refractivity contribution is 8.18. The Morgan fingerprint density at radius 3 is 2.53 bits per heavy atom. The molecular weight excluding hydrogens is 434 g/mol. The van der Waals surface area contributed by atoms with Crippen molar-refractivity contribution in [1.29, 1.82) is 0 Å². The molecule has 0 aliphatic carbocycles. The molecule has 2 aromatic rings. The summed E-state index contributed by atoms with van der Waals surface area (Å²) in [6.07, 6.45) is 1.51. The summed E-state index contributed by atoms with van der Waals surface area (Å²) in [5.41, 5.74) is 6.33. The Morgan fingerprint density at radius 1 is 1.09 bits per heavy atom. The number of amides is 4. The Labute approximate surface area is 188 Å². The number of carbonyl (C=O) groups excluding carboxylic acids is 4. The number of nitrogens with one attached hydrogen (secondary N) is 1. The van der Waals surface area contributed by atoms with E-state index in [2.05, 4.69) is 5.32 Å². The van der Waals surface area contributed by atoms with E-state index in [1.165, 1.54) is 6.08 Å². The molecule has 0 unspecified atom stereocenters. The van der Waals surface area contributed by atoms with E-state index >= 15 is 0 Å². The second kappa shape index (κ2) is 10.5. The number of benzene rings is 2. The van der Waals surface area contributed by atoms with E-state index in [4.69, 9.17) is 15.2 Å². The summed E-state index contributed by atoms with van der Waals surface area (Å²) in [5.74, 6) is -0.954. The van der Waals surface area contributed by atoms with Crippen molar-refractivity contribution in [3.63, 3.8) is 0 Å². The van der Waals surface area contributed by atoms with Gasteiger partial charge in [0.2, 0.25) is 5.91 Å². The van der Waals surface area contributed by atoms with Gasteiger partial charge in [0.15, 0.2) is 18.1 Å². The molecule has 1 aliphatic rings. The van der Waals surface area contributed by atoms with E-state index in [0.717, 1.165) is 16.7 Å². The van der Waals surface area contributed by atoms with Crippen molar-refractivity contribution in [3.8, 4) is 11.5 Å². The van der Waals surface area contributed by atoms with Gasteiger partial charge in [0.05, 0.1) is 11.5 Å². The molecule has 1 saturated heterocycles. The van der Waals surface area contributed by atoms with Crippen LogP contribution in [0.15, 0.2) is 53.4 Å². The first-order valence-electron chi connectivity index (χ1n) is 9.65. The summed E-state index contributed by atoms with van der Waals surface area (Å²) in [4.78, 5) is 48.5. The zero-order chi connectivity index (χ0) is 23.1. The largest absolute Gasteiger partial charge is 0.490 e. The third-order valence-corrected chi connectivity index (χ3v) is 5.08. The molecule has 3 N–H and O–H groups in total. The standard InChI is InChI=1S/C22H21N3O6S/c1-2-30-17-10-14(11-18-21(28)25(12-19(23)26)22(29)32-18)8-9-16(17)31-13-20(27)24-15-6-4-3-5-7-15/h3-11H,2,12-13H2,1H3,(H2,23,26)(H,24,27)/b18-11-. The molecule has 0 spiro atoms. The maximum Gasteiger partial charge on any atom is 0.294 e. The number of primary amides is 1. The molecule has 0 atom stereocenters. The highest BCUT2D eigenvalue weighted by Crippen LogP contribution is 2.34. The van der Waals surface area contributed by atoms with Crippen LogP contribution in [0, 0.1) is 0 Å². The third kappa shape index (κ3) is 5.88. The van der Waals surface area contributed by atoms with Crippen molar-refractivity contribution in [2.45, 2.75) is 6.92 Å². The van der Waals surface area contributed by atoms with Gasteiger partial charge >= 0.3 is 0 Å². The molecule has 1 heterocycles. The summed E-state index contributed by atoms with van der Waals surface area (Å²) in [6, 6.07) is 13.9. The van der Waals surface area contributed by atoms with Crippen LogP contribution in [0.2, 0.25) is 0 Å². The quantitative estimate of drug-likeness (QED) is 0.556. The van der Waals surface area contributed by atoms with Crippen LogP contribution in [0.25, 0.3) is 6.08 Å². The van der Waals surface area contributed by atoms with Gasteiger partial charge in [0.25, 0.3) is 17.1 Å². The van der Waals surface area contributed by atoms with E-state index in [1.807, 2.05) is 18.2 Å². The fraction of sp³-hybridized carbons (Fsp3) is 0.182. The summed E-state index contributed by atoms with van der Waals surface area (Å²) >= 11 is 0.723. The number of ether oxygens (including phenoxy) is 2. The van der Waals surface area contributed by atoms with Crippen LogP contribution < -0.4 is 20.5 Å². The Morgan fingerprint density at radius 2 is 1.84 bits per heavy atom. The van der Waals surface area contributed by atoms with E-state index in [0.29, 0.717) is 29.4 Å². The molecule has 0 saturated carbocycles. The zero-order valence-electron chi connectivity index (χ0n) is 17.2. The van der Waals surface area contributed by atoms with Gasteiger partial charge in [0, 0.05) is 5.69 Å². The Hall–Kier alpha value is -3.79. The topological polar surface area (TPSA) is 128 Å². The average Bonchev–Trinajstić information content (AvgIpc) is 3.01. The van der Waals surface area contributed by atoms with Crippen LogP contribution in [-0.4, -0.2) is 47.6 Å². The molecule has 0 radical (unpaired) electrons. The molecular formula is C22H21N3O6S. The predicted molar refractivity (Wildman–Crippen MR) is 120 cm³/mol. The van der Waals surface area contributed by atoms with Crippen molar-refractivity contribution in [2.75, 3.05) is 25.1 Å². The highest BCUT2D eigenvalue weighted by atomic mass is 32.2. The fourth-order valence-corrected chi connectivity index (χ4v) is 3.65. The van der Waals surface area contributed by atoms with E-state index in [-0.39, 0.29) is 17.4 Å². The van der Waals surface area contributed by atoms with Gasteiger partial charge in [-0.05, 0) is 54.6 Å². The van der Waals surface area contributed by atoms with Gasteiger partial charge in [-0.3, -0.25) is 24.1 Å². The van der Waals surface area contributed by atoms with Crippen LogP contribution in [0.1, 0.15) is 12.5 Å². The number of hydrogen-bond donors (Lipinski definition) is 2. The van der Waals surface area contributed by atoms with Crippen LogP contribution in [0.5, 0.6) is 11.5 Å². The van der Waals surface area contributed by atoms with Gasteiger partial charge < -0.3 is 20.5 Å². The summed E-state index contributed by atoms with van der Waals surface area (Å²) in [7, 11) is 0. The molecule has 3 rings (SSSR count). The zero-order valence-corrected chi connectivity index (χ0v) is 18.0. The molecule has 2 aromatic carbocycles. The Balaban J connectivity index is 1.71. The van der Waals surface area contributed by atoms with Crippen molar-refractivity contribution in [2.24, 2.45) is 5.73 Å². The lowest BCUT2D eigenvalue weighted by molar-refractivity contribution is -0.127. The van der Waals surface area contributed by atoms with Crippen LogP contribution in [-0.2, 0) is 14.4 Å². The molecule has 32 heavy (non-hydrogen) atoms. The Bertz CT molecular complexity index is 1070. The van der Waals surface area contributed by atoms with Crippen LogP contribution >= 0.6 is 11.8 Å². The van der Waals surface area contributed by atoms with E-state index in [9.17, 15) is 19.2 Å². The van der Waals surface area contributed by atoms with E-state index in [1.54, 1.807) is 37.3 Å². The summed E-state index contributed by atoms with van der Waals surface area (Å²) < 4.78 is 11.2. The molecule has 0 bridgehead atoms.